The van der Waals surface area contributed by atoms with E-state index in [0.717, 1.165) is 0 Å². The Morgan fingerprint density at radius 2 is 1.45 bits per heavy atom. The molecule has 0 saturated carbocycles. The van der Waals surface area contributed by atoms with Gasteiger partial charge in [-0.25, -0.2) is 8.42 Å². The molecule has 2 rings (SSSR count). The third-order valence-electron chi connectivity index (χ3n) is 2.00. The molecule has 1 aromatic heterocycles. The summed E-state index contributed by atoms with van der Waals surface area (Å²) >= 11 is 16.8. The van der Waals surface area contributed by atoms with Crippen molar-refractivity contribution in [2.24, 2.45) is 0 Å². The van der Waals surface area contributed by atoms with Crippen molar-refractivity contribution in [2.45, 2.75) is 4.90 Å². The average Bonchev–Trinajstić information content (AvgIpc) is 2.36. The first-order valence-electron chi connectivity index (χ1n) is 4.97. The lowest BCUT2D eigenvalue weighted by molar-refractivity contribution is 0.587. The predicted octanol–water partition coefficient (Wildman–Crippen LogP) is 2.14. The molecule has 11 heteroatoms. The Morgan fingerprint density at radius 3 is 2.00 bits per heavy atom. The summed E-state index contributed by atoms with van der Waals surface area (Å²) in [5.41, 5.74) is 2.28. The molecule has 2 aromatic rings. The van der Waals surface area contributed by atoms with E-state index in [-0.39, 0.29) is 21.4 Å². The van der Waals surface area contributed by atoms with Crippen LogP contribution in [0, 0.1) is 0 Å². The highest BCUT2D eigenvalue weighted by atomic mass is 35.5. The summed E-state index contributed by atoms with van der Waals surface area (Å²) < 4.78 is 23.9. The van der Waals surface area contributed by atoms with Crippen LogP contribution in [-0.4, -0.2) is 23.4 Å². The number of nitrogens with one attached hydrogen (secondary N) is 2. The van der Waals surface area contributed by atoms with Gasteiger partial charge >= 0.3 is 0 Å². The van der Waals surface area contributed by atoms with Crippen molar-refractivity contribution >= 4 is 50.8 Å². The Hall–Kier alpha value is -1.19. The molecule has 0 spiro atoms. The van der Waals surface area contributed by atoms with Gasteiger partial charge in [0.25, 0.3) is 10.0 Å². The number of hydrogen-bond donors (Lipinski definition) is 2. The highest BCUT2D eigenvalue weighted by molar-refractivity contribution is 7.89. The minimum Gasteiger partial charge on any atom is -0.276 e. The van der Waals surface area contributed by atoms with Crippen molar-refractivity contribution < 1.29 is 8.42 Å². The third-order valence-corrected chi connectivity index (χ3v) is 3.86. The van der Waals surface area contributed by atoms with Crippen LogP contribution in [0.1, 0.15) is 0 Å². The van der Waals surface area contributed by atoms with Gasteiger partial charge in [-0.1, -0.05) is 11.6 Å². The molecule has 0 amide bonds. The molecule has 1 heterocycles. The first-order valence-corrected chi connectivity index (χ1v) is 7.59. The summed E-state index contributed by atoms with van der Waals surface area (Å²) in [6.45, 7) is 0. The minimum absolute atomic E-state index is 0.0145. The molecule has 0 radical (unpaired) electrons. The van der Waals surface area contributed by atoms with Crippen molar-refractivity contribution in [1.82, 2.24) is 19.8 Å². The fraction of sp³-hybridized carbons (Fsp3) is 0. The van der Waals surface area contributed by atoms with Crippen molar-refractivity contribution in [1.29, 1.82) is 0 Å². The quantitative estimate of drug-likeness (QED) is 0.817. The lowest BCUT2D eigenvalue weighted by Gasteiger charge is -2.08. The van der Waals surface area contributed by atoms with Gasteiger partial charge in [-0.15, -0.1) is 4.83 Å². The molecule has 1 aromatic carbocycles. The zero-order valence-electron chi connectivity index (χ0n) is 9.51. The van der Waals surface area contributed by atoms with Crippen molar-refractivity contribution in [3.05, 3.63) is 39.9 Å². The number of nitrogens with zero attached hydrogens (tertiary/aromatic N) is 3. The van der Waals surface area contributed by atoms with Gasteiger partial charge in [0.05, 0.1) is 4.90 Å². The number of anilines is 1. The molecule has 0 atom stereocenters. The van der Waals surface area contributed by atoms with E-state index in [1.54, 1.807) is 0 Å². The van der Waals surface area contributed by atoms with Crippen LogP contribution in [0.15, 0.2) is 29.2 Å². The maximum Gasteiger partial charge on any atom is 0.257 e. The number of rotatable bonds is 4. The third kappa shape index (κ3) is 3.90. The topological polar surface area (TPSA) is 96.9 Å². The summed E-state index contributed by atoms with van der Waals surface area (Å²) in [5, 5.41) is 0.0873. The molecule has 0 aliphatic carbocycles. The predicted molar refractivity (Wildman–Crippen MR) is 75.2 cm³/mol. The molecular formula is C9H6Cl3N5O2S. The molecule has 2 N–H and O–H groups in total. The van der Waals surface area contributed by atoms with Crippen LogP contribution in [0.5, 0.6) is 0 Å². The lowest BCUT2D eigenvalue weighted by atomic mass is 10.4. The Morgan fingerprint density at radius 1 is 0.900 bits per heavy atom. The Kier molecular flexibility index (Phi) is 4.61. The highest BCUT2D eigenvalue weighted by Gasteiger charge is 2.14. The van der Waals surface area contributed by atoms with Gasteiger partial charge in [0.2, 0.25) is 16.5 Å². The van der Waals surface area contributed by atoms with Crippen LogP contribution in [0.25, 0.3) is 0 Å². The Bertz CT molecular complexity index is 703. The number of hydrazine groups is 1. The molecule has 0 fully saturated rings. The van der Waals surface area contributed by atoms with E-state index in [0.29, 0.717) is 5.02 Å². The molecular weight excluding hydrogens is 349 g/mol. The van der Waals surface area contributed by atoms with Gasteiger partial charge in [-0.2, -0.15) is 15.0 Å². The van der Waals surface area contributed by atoms with E-state index >= 15 is 0 Å². The summed E-state index contributed by atoms with van der Waals surface area (Å²) in [6.07, 6.45) is 0. The summed E-state index contributed by atoms with van der Waals surface area (Å²) in [4.78, 5) is 12.9. The summed E-state index contributed by atoms with van der Waals surface area (Å²) in [5.74, 6) is -0.132. The van der Waals surface area contributed by atoms with Gasteiger partial charge in [-0.3, -0.25) is 5.43 Å². The Labute approximate surface area is 129 Å². The number of hydrogen-bond acceptors (Lipinski definition) is 6. The normalized spacial score (nSPS) is 11.3. The zero-order valence-corrected chi connectivity index (χ0v) is 12.6. The molecule has 7 nitrogen and oxygen atoms in total. The van der Waals surface area contributed by atoms with Crippen molar-refractivity contribution in [2.75, 3.05) is 5.43 Å². The van der Waals surface area contributed by atoms with E-state index in [9.17, 15) is 8.42 Å². The monoisotopic (exact) mass is 353 g/mol. The lowest BCUT2D eigenvalue weighted by Crippen LogP contribution is -2.30. The number of aromatic nitrogens is 3. The van der Waals surface area contributed by atoms with E-state index < -0.39 is 10.0 Å². The first kappa shape index (κ1) is 15.2. The molecule has 0 aliphatic rings. The second kappa shape index (κ2) is 6.06. The largest absolute Gasteiger partial charge is 0.276 e. The number of sulfonamides is 1. The fourth-order valence-electron chi connectivity index (χ4n) is 1.17. The standard InChI is InChI=1S/C9H6Cl3N5O2S/c10-5-1-3-6(4-2-5)20(18,19)17-16-9-14-7(11)13-8(12)15-9/h1-4,17H,(H,13,14,15,16). The smallest absolute Gasteiger partial charge is 0.257 e. The van der Waals surface area contributed by atoms with Crippen LogP contribution in [0.4, 0.5) is 5.95 Å². The molecule has 0 aliphatic heterocycles. The van der Waals surface area contributed by atoms with Gasteiger partial charge < -0.3 is 0 Å². The molecule has 0 bridgehead atoms. The van der Waals surface area contributed by atoms with Crippen LogP contribution in [-0.2, 0) is 10.0 Å². The SMILES string of the molecule is O=S(=O)(NNc1nc(Cl)nc(Cl)n1)c1ccc(Cl)cc1. The van der Waals surface area contributed by atoms with E-state index in [4.69, 9.17) is 34.8 Å². The molecule has 0 unspecified atom stereocenters. The van der Waals surface area contributed by atoms with E-state index in [2.05, 4.69) is 25.2 Å². The first-order chi connectivity index (χ1) is 9.37. The van der Waals surface area contributed by atoms with Crippen LogP contribution >= 0.6 is 34.8 Å². The van der Waals surface area contributed by atoms with Gasteiger partial charge in [0, 0.05) is 5.02 Å². The van der Waals surface area contributed by atoms with Gasteiger partial charge in [0.1, 0.15) is 0 Å². The van der Waals surface area contributed by atoms with Crippen LogP contribution in [0.3, 0.4) is 0 Å². The van der Waals surface area contributed by atoms with E-state index in [1.807, 2.05) is 0 Å². The number of benzene rings is 1. The highest BCUT2D eigenvalue weighted by Crippen LogP contribution is 2.14. The summed E-state index contributed by atoms with van der Waals surface area (Å²) in [7, 11) is -3.81. The minimum atomic E-state index is -3.81. The molecule has 106 valence electrons. The summed E-state index contributed by atoms with van der Waals surface area (Å²) in [6, 6.07) is 5.60. The molecule has 0 saturated heterocycles. The Balaban J connectivity index is 2.15. The van der Waals surface area contributed by atoms with Gasteiger partial charge in [-0.05, 0) is 47.5 Å². The maximum absolute atomic E-state index is 11.9. The van der Waals surface area contributed by atoms with Crippen LogP contribution < -0.4 is 10.3 Å². The average molecular weight is 355 g/mol. The van der Waals surface area contributed by atoms with Crippen molar-refractivity contribution in [3.8, 4) is 0 Å². The fourth-order valence-corrected chi connectivity index (χ4v) is 2.49. The zero-order chi connectivity index (χ0) is 14.8. The number of halogens is 3. The molecule has 20 heavy (non-hydrogen) atoms. The second-order valence-electron chi connectivity index (χ2n) is 3.38. The van der Waals surface area contributed by atoms with Crippen molar-refractivity contribution in [3.63, 3.8) is 0 Å². The van der Waals surface area contributed by atoms with Crippen LogP contribution in [0.2, 0.25) is 15.6 Å². The maximum atomic E-state index is 11.9. The van der Waals surface area contributed by atoms with E-state index in [1.165, 1.54) is 24.3 Å². The second-order valence-corrected chi connectivity index (χ2v) is 6.18. The van der Waals surface area contributed by atoms with Gasteiger partial charge in [0.15, 0.2) is 0 Å².